The van der Waals surface area contributed by atoms with Crippen molar-refractivity contribution >= 4 is 21.8 Å². The lowest BCUT2D eigenvalue weighted by molar-refractivity contribution is 0.0500. The van der Waals surface area contributed by atoms with Crippen molar-refractivity contribution in [2.24, 2.45) is 0 Å². The van der Waals surface area contributed by atoms with Gasteiger partial charge in [-0.15, -0.1) is 0 Å². The van der Waals surface area contributed by atoms with Gasteiger partial charge in [0.1, 0.15) is 27.5 Å². The van der Waals surface area contributed by atoms with E-state index in [2.05, 4.69) is 0 Å². The molecule has 0 aliphatic heterocycles. The minimum absolute atomic E-state index is 0.0173. The van der Waals surface area contributed by atoms with Gasteiger partial charge >= 0.3 is 11.9 Å². The molecule has 0 bridgehead atoms. The maximum atomic E-state index is 12.6. The second-order valence-corrected chi connectivity index (χ2v) is 7.16. The van der Waals surface area contributed by atoms with Gasteiger partial charge in [-0.25, -0.2) is 18.0 Å². The van der Waals surface area contributed by atoms with E-state index >= 15 is 0 Å². The Balaban J connectivity index is 3.71. The Kier molecular flexibility index (Phi) is 7.22. The monoisotopic (exact) mass is 374 g/mol. The molecule has 9 heteroatoms. The van der Waals surface area contributed by atoms with Crippen LogP contribution in [0.1, 0.15) is 54.3 Å². The average Bonchev–Trinajstić information content (AvgIpc) is 2.54. The van der Waals surface area contributed by atoms with Gasteiger partial charge < -0.3 is 19.7 Å². The molecule has 0 radical (unpaired) electrons. The number of aromatic hydroxyl groups is 2. The van der Waals surface area contributed by atoms with Crippen LogP contribution in [-0.2, 0) is 19.3 Å². The van der Waals surface area contributed by atoms with Crippen LogP contribution in [0.15, 0.2) is 11.0 Å². The Bertz CT molecular complexity index is 752. The molecule has 0 unspecified atom stereocenters. The first kappa shape index (κ1) is 20.8. The van der Waals surface area contributed by atoms with Gasteiger partial charge in [0, 0.05) is 0 Å². The summed E-state index contributed by atoms with van der Waals surface area (Å²) in [5.74, 6) is -4.21. The van der Waals surface area contributed by atoms with E-state index in [0.29, 0.717) is 6.42 Å². The van der Waals surface area contributed by atoms with Crippen LogP contribution in [0.2, 0.25) is 0 Å². The lowest BCUT2D eigenvalue weighted by atomic mass is 10.1. The number of carbonyl (C=O) groups excluding carboxylic acids is 2. The summed E-state index contributed by atoms with van der Waals surface area (Å²) in [6.45, 7) is 4.73. The van der Waals surface area contributed by atoms with E-state index < -0.39 is 49.3 Å². The number of phenols is 2. The van der Waals surface area contributed by atoms with Crippen LogP contribution in [0.25, 0.3) is 0 Å². The molecule has 1 rings (SSSR count). The van der Waals surface area contributed by atoms with Crippen LogP contribution >= 0.6 is 0 Å². The molecule has 0 fully saturated rings. The van der Waals surface area contributed by atoms with E-state index in [1.165, 1.54) is 13.8 Å². The third kappa shape index (κ3) is 4.62. The number of benzene rings is 1. The predicted octanol–water partition coefficient (Wildman–Crippen LogP) is 2.02. The maximum absolute atomic E-state index is 12.6. The smallest absolute Gasteiger partial charge is 0.343 e. The van der Waals surface area contributed by atoms with E-state index in [0.717, 1.165) is 6.07 Å². The summed E-state index contributed by atoms with van der Waals surface area (Å²) >= 11 is 0. The predicted molar refractivity (Wildman–Crippen MR) is 88.6 cm³/mol. The fourth-order valence-electron chi connectivity index (χ4n) is 2.14. The number of phenolic OH excluding ortho intramolecular Hbond substituents is 2. The van der Waals surface area contributed by atoms with Crippen LogP contribution in [0.4, 0.5) is 0 Å². The second kappa shape index (κ2) is 8.70. The Morgan fingerprint density at radius 2 is 1.60 bits per heavy atom. The zero-order valence-electron chi connectivity index (χ0n) is 14.4. The van der Waals surface area contributed by atoms with Crippen molar-refractivity contribution in [1.82, 2.24) is 0 Å². The minimum Gasteiger partial charge on any atom is -0.507 e. The zero-order chi connectivity index (χ0) is 19.2. The third-order valence-corrected chi connectivity index (χ3v) is 5.13. The highest BCUT2D eigenvalue weighted by atomic mass is 32.2. The molecule has 0 saturated heterocycles. The molecule has 0 saturated carbocycles. The lowest BCUT2D eigenvalue weighted by Gasteiger charge is -2.15. The van der Waals surface area contributed by atoms with Crippen molar-refractivity contribution in [3.05, 3.63) is 17.2 Å². The molecule has 1 aromatic carbocycles. The summed E-state index contributed by atoms with van der Waals surface area (Å²) < 4.78 is 34.7. The van der Waals surface area contributed by atoms with Crippen molar-refractivity contribution in [2.45, 2.75) is 38.5 Å². The van der Waals surface area contributed by atoms with Crippen molar-refractivity contribution in [3.63, 3.8) is 0 Å². The molecule has 25 heavy (non-hydrogen) atoms. The van der Waals surface area contributed by atoms with Gasteiger partial charge in [0.05, 0.1) is 19.0 Å². The van der Waals surface area contributed by atoms with Gasteiger partial charge in [-0.1, -0.05) is 13.3 Å². The molecule has 0 aliphatic carbocycles. The molecule has 0 amide bonds. The molecule has 140 valence electrons. The van der Waals surface area contributed by atoms with E-state index in [-0.39, 0.29) is 25.4 Å². The molecule has 0 aliphatic rings. The fourth-order valence-corrected chi connectivity index (χ4v) is 3.91. The van der Waals surface area contributed by atoms with E-state index in [9.17, 15) is 28.2 Å². The van der Waals surface area contributed by atoms with Gasteiger partial charge in [0.2, 0.25) is 0 Å². The highest BCUT2D eigenvalue weighted by Gasteiger charge is 2.34. The Hall–Kier alpha value is -2.29. The van der Waals surface area contributed by atoms with Gasteiger partial charge in [0.15, 0.2) is 9.84 Å². The van der Waals surface area contributed by atoms with Crippen LogP contribution < -0.4 is 0 Å². The van der Waals surface area contributed by atoms with Gasteiger partial charge in [0.25, 0.3) is 0 Å². The number of esters is 2. The summed E-state index contributed by atoms with van der Waals surface area (Å²) in [6.07, 6.45) is 0.826. The van der Waals surface area contributed by atoms with Gasteiger partial charge in [-0.05, 0) is 26.3 Å². The standard InChI is InChI=1S/C16H22O8S/c1-4-7-8-25(21,22)14-12(16(20)24-6-3)11(17)9-10(13(14)18)15(19)23-5-2/h9,17-18H,4-8H2,1-3H3. The molecule has 0 atom stereocenters. The highest BCUT2D eigenvalue weighted by molar-refractivity contribution is 7.91. The first-order valence-corrected chi connectivity index (χ1v) is 9.52. The molecule has 0 spiro atoms. The van der Waals surface area contributed by atoms with Crippen molar-refractivity contribution in [3.8, 4) is 11.5 Å². The number of sulfone groups is 1. The summed E-state index contributed by atoms with van der Waals surface area (Å²) in [5.41, 5.74) is -1.23. The Morgan fingerprint density at radius 3 is 2.12 bits per heavy atom. The fraction of sp³-hybridized carbons (Fsp3) is 0.500. The van der Waals surface area contributed by atoms with Gasteiger partial charge in [-0.2, -0.15) is 0 Å². The molecular weight excluding hydrogens is 352 g/mol. The third-order valence-electron chi connectivity index (χ3n) is 3.29. The van der Waals surface area contributed by atoms with Crippen LogP contribution in [0.5, 0.6) is 11.5 Å². The molecular formula is C16H22O8S. The van der Waals surface area contributed by atoms with E-state index in [1.54, 1.807) is 6.92 Å². The Morgan fingerprint density at radius 1 is 1.04 bits per heavy atom. The van der Waals surface area contributed by atoms with Crippen LogP contribution in [0, 0.1) is 0 Å². The quantitative estimate of drug-likeness (QED) is 0.522. The second-order valence-electron chi connectivity index (χ2n) is 5.11. The SMILES string of the molecule is CCCCS(=O)(=O)c1c(O)c(C(=O)OCC)cc(O)c1C(=O)OCC. The maximum Gasteiger partial charge on any atom is 0.343 e. The lowest BCUT2D eigenvalue weighted by Crippen LogP contribution is -2.17. The molecule has 8 nitrogen and oxygen atoms in total. The summed E-state index contributed by atoms with van der Waals surface area (Å²) in [7, 11) is -4.16. The van der Waals surface area contributed by atoms with Crippen molar-refractivity contribution < 1.29 is 37.7 Å². The summed E-state index contributed by atoms with van der Waals surface area (Å²) in [5, 5.41) is 20.5. The van der Waals surface area contributed by atoms with Crippen molar-refractivity contribution in [2.75, 3.05) is 19.0 Å². The number of carbonyl (C=O) groups is 2. The first-order chi connectivity index (χ1) is 11.7. The first-order valence-electron chi connectivity index (χ1n) is 7.87. The summed E-state index contributed by atoms with van der Waals surface area (Å²) in [6, 6.07) is 0.790. The number of unbranched alkanes of at least 4 members (excludes halogenated alkanes) is 1. The molecule has 1 aromatic rings. The van der Waals surface area contributed by atoms with Crippen molar-refractivity contribution in [1.29, 1.82) is 0 Å². The minimum atomic E-state index is -4.16. The summed E-state index contributed by atoms with van der Waals surface area (Å²) in [4.78, 5) is 23.2. The number of ether oxygens (including phenoxy) is 2. The van der Waals surface area contributed by atoms with Gasteiger partial charge in [-0.3, -0.25) is 0 Å². The zero-order valence-corrected chi connectivity index (χ0v) is 15.2. The normalized spacial score (nSPS) is 11.2. The van der Waals surface area contributed by atoms with E-state index in [1.807, 2.05) is 0 Å². The average molecular weight is 374 g/mol. The molecule has 0 heterocycles. The number of hydrogen-bond acceptors (Lipinski definition) is 8. The number of rotatable bonds is 8. The van der Waals surface area contributed by atoms with Crippen LogP contribution in [0.3, 0.4) is 0 Å². The van der Waals surface area contributed by atoms with Crippen LogP contribution in [-0.4, -0.2) is 49.5 Å². The molecule has 0 aromatic heterocycles. The highest BCUT2D eigenvalue weighted by Crippen LogP contribution is 2.38. The topological polar surface area (TPSA) is 127 Å². The number of hydrogen-bond donors (Lipinski definition) is 2. The van der Waals surface area contributed by atoms with E-state index in [4.69, 9.17) is 9.47 Å². The Labute approximate surface area is 146 Å². The largest absolute Gasteiger partial charge is 0.507 e. The molecule has 2 N–H and O–H groups in total.